The van der Waals surface area contributed by atoms with Crippen molar-refractivity contribution in [2.75, 3.05) is 31.6 Å². The molecule has 9 nitrogen and oxygen atoms in total. The van der Waals surface area contributed by atoms with Crippen molar-refractivity contribution in [3.8, 4) is 11.5 Å². The molecule has 3 aromatic carbocycles. The fraction of sp³-hybridized carbons (Fsp3) is 0.355. The molecule has 0 bridgehead atoms. The second-order valence-electron chi connectivity index (χ2n) is 9.58. The first-order chi connectivity index (χ1) is 20.2. The Balaban J connectivity index is 2.04. The highest BCUT2D eigenvalue weighted by molar-refractivity contribution is 7.92. The molecule has 1 N–H and O–H groups in total. The van der Waals surface area contributed by atoms with Crippen molar-refractivity contribution in [2.24, 2.45) is 0 Å². The minimum atomic E-state index is -4.26. The average molecular weight is 616 g/mol. The van der Waals surface area contributed by atoms with Crippen LogP contribution in [-0.2, 0) is 26.2 Å². The maximum absolute atomic E-state index is 14.1. The molecule has 0 radical (unpaired) electrons. The van der Waals surface area contributed by atoms with Crippen LogP contribution in [-0.4, -0.2) is 58.5 Å². The smallest absolute Gasteiger partial charge is 0.264 e. The van der Waals surface area contributed by atoms with E-state index in [0.717, 1.165) is 22.7 Å². The predicted octanol–water partition coefficient (Wildman–Crippen LogP) is 5.28. The van der Waals surface area contributed by atoms with Gasteiger partial charge in [0.1, 0.15) is 12.6 Å². The SMILES string of the molecule is CCCCNC(=O)[C@H](CC)N(Cc1ccc(Cl)cc1)C(=O)CN(c1ccccc1)S(=O)(=O)c1ccc(OC)c(OC)c1. The van der Waals surface area contributed by atoms with Gasteiger partial charge in [-0.2, -0.15) is 0 Å². The number of nitrogens with one attached hydrogen (secondary N) is 1. The number of nitrogens with zero attached hydrogens (tertiary/aromatic N) is 2. The third-order valence-corrected chi connectivity index (χ3v) is 8.77. The summed E-state index contributed by atoms with van der Waals surface area (Å²) in [6.45, 7) is 3.89. The molecular formula is C31H38ClN3O6S. The number of rotatable bonds is 15. The first kappa shape index (κ1) is 32.8. The number of unbranched alkanes of at least 4 members (excludes halogenated alkanes) is 1. The number of carbonyl (C=O) groups excluding carboxylic acids is 2. The van der Waals surface area contributed by atoms with Crippen molar-refractivity contribution in [2.45, 2.75) is 50.6 Å². The lowest BCUT2D eigenvalue weighted by Crippen LogP contribution is -2.52. The van der Waals surface area contributed by atoms with Gasteiger partial charge >= 0.3 is 0 Å². The van der Waals surface area contributed by atoms with Gasteiger partial charge in [0.15, 0.2) is 11.5 Å². The van der Waals surface area contributed by atoms with E-state index in [1.165, 1.54) is 37.3 Å². The summed E-state index contributed by atoms with van der Waals surface area (Å²) in [6.07, 6.45) is 2.05. The first-order valence-corrected chi connectivity index (χ1v) is 15.6. The Morgan fingerprint density at radius 3 is 2.19 bits per heavy atom. The Morgan fingerprint density at radius 1 is 0.929 bits per heavy atom. The number of methoxy groups -OCH3 is 2. The monoisotopic (exact) mass is 615 g/mol. The van der Waals surface area contributed by atoms with E-state index in [0.29, 0.717) is 29.4 Å². The van der Waals surface area contributed by atoms with Crippen LogP contribution in [0.1, 0.15) is 38.7 Å². The van der Waals surface area contributed by atoms with E-state index in [2.05, 4.69) is 5.32 Å². The quantitative estimate of drug-likeness (QED) is 0.233. The minimum absolute atomic E-state index is 0.0783. The van der Waals surface area contributed by atoms with Crippen LogP contribution in [0, 0.1) is 0 Å². The summed E-state index contributed by atoms with van der Waals surface area (Å²) >= 11 is 6.07. The molecule has 0 fully saturated rings. The zero-order chi connectivity index (χ0) is 30.7. The summed E-state index contributed by atoms with van der Waals surface area (Å²) in [6, 6.07) is 18.8. The maximum atomic E-state index is 14.1. The van der Waals surface area contributed by atoms with E-state index in [4.69, 9.17) is 21.1 Å². The van der Waals surface area contributed by atoms with Gasteiger partial charge < -0.3 is 19.7 Å². The van der Waals surface area contributed by atoms with Crippen molar-refractivity contribution in [3.05, 3.63) is 83.4 Å². The fourth-order valence-corrected chi connectivity index (χ4v) is 6.00. The normalized spacial score (nSPS) is 11.8. The number of carbonyl (C=O) groups is 2. The molecule has 1 atom stereocenters. The van der Waals surface area contributed by atoms with Crippen LogP contribution < -0.4 is 19.1 Å². The van der Waals surface area contributed by atoms with E-state index >= 15 is 0 Å². The average Bonchev–Trinajstić information content (AvgIpc) is 3.00. The van der Waals surface area contributed by atoms with Gasteiger partial charge in [0.2, 0.25) is 11.8 Å². The number of amides is 2. The van der Waals surface area contributed by atoms with Crippen LogP contribution in [0.5, 0.6) is 11.5 Å². The van der Waals surface area contributed by atoms with Gasteiger partial charge in [-0.15, -0.1) is 0 Å². The number of anilines is 1. The Labute approximate surface area is 253 Å². The molecule has 0 aliphatic rings. The third-order valence-electron chi connectivity index (χ3n) is 6.75. The third kappa shape index (κ3) is 8.17. The van der Waals surface area contributed by atoms with Crippen LogP contribution in [0.25, 0.3) is 0 Å². The van der Waals surface area contributed by atoms with Crippen LogP contribution >= 0.6 is 11.6 Å². The molecule has 0 spiro atoms. The Bertz CT molecular complexity index is 1430. The Hall–Kier alpha value is -3.76. The maximum Gasteiger partial charge on any atom is 0.264 e. The van der Waals surface area contributed by atoms with E-state index < -0.39 is 28.5 Å². The highest BCUT2D eigenvalue weighted by Gasteiger charge is 2.34. The molecule has 0 aromatic heterocycles. The number of sulfonamides is 1. The summed E-state index contributed by atoms with van der Waals surface area (Å²) in [7, 11) is -1.39. The van der Waals surface area contributed by atoms with Gasteiger partial charge in [0, 0.05) is 24.2 Å². The van der Waals surface area contributed by atoms with Gasteiger partial charge in [-0.05, 0) is 54.8 Å². The molecule has 0 unspecified atom stereocenters. The lowest BCUT2D eigenvalue weighted by atomic mass is 10.1. The van der Waals surface area contributed by atoms with Gasteiger partial charge in [0.05, 0.1) is 24.8 Å². The summed E-state index contributed by atoms with van der Waals surface area (Å²) in [5.74, 6) is -0.220. The number of hydrogen-bond donors (Lipinski definition) is 1. The first-order valence-electron chi connectivity index (χ1n) is 13.8. The molecule has 0 aliphatic heterocycles. The lowest BCUT2D eigenvalue weighted by Gasteiger charge is -2.33. The molecule has 0 saturated carbocycles. The Kier molecular flexibility index (Phi) is 12.1. The lowest BCUT2D eigenvalue weighted by molar-refractivity contribution is -0.140. The summed E-state index contributed by atoms with van der Waals surface area (Å²) in [4.78, 5) is 28.7. The highest BCUT2D eigenvalue weighted by Crippen LogP contribution is 2.32. The summed E-state index contributed by atoms with van der Waals surface area (Å²) < 4.78 is 39.8. The number of benzene rings is 3. The van der Waals surface area contributed by atoms with Gasteiger partial charge in [-0.3, -0.25) is 13.9 Å². The number of hydrogen-bond acceptors (Lipinski definition) is 6. The van der Waals surface area contributed by atoms with E-state index in [-0.39, 0.29) is 23.1 Å². The summed E-state index contributed by atoms with van der Waals surface area (Å²) in [5.41, 5.74) is 1.05. The molecule has 11 heteroatoms. The number of halogens is 1. The van der Waals surface area contributed by atoms with E-state index in [9.17, 15) is 18.0 Å². The van der Waals surface area contributed by atoms with Crippen molar-refractivity contribution in [1.82, 2.24) is 10.2 Å². The molecule has 3 rings (SSSR count). The second kappa shape index (κ2) is 15.5. The summed E-state index contributed by atoms with van der Waals surface area (Å²) in [5, 5.41) is 3.46. The Morgan fingerprint density at radius 2 is 1.60 bits per heavy atom. The zero-order valence-corrected chi connectivity index (χ0v) is 26.0. The number of para-hydroxylation sites is 1. The van der Waals surface area contributed by atoms with Crippen molar-refractivity contribution < 1.29 is 27.5 Å². The molecule has 0 heterocycles. The molecule has 0 aliphatic carbocycles. The molecule has 3 aromatic rings. The molecular weight excluding hydrogens is 578 g/mol. The molecule has 42 heavy (non-hydrogen) atoms. The van der Waals surface area contributed by atoms with E-state index in [1.54, 1.807) is 54.6 Å². The largest absolute Gasteiger partial charge is 0.493 e. The minimum Gasteiger partial charge on any atom is -0.493 e. The van der Waals surface area contributed by atoms with Gasteiger partial charge in [0.25, 0.3) is 10.0 Å². The standard InChI is InChI=1S/C31H38ClN3O6S/c1-5-7-19-33-31(37)27(6-2)34(21-23-13-15-24(32)16-14-23)30(36)22-35(25-11-9-8-10-12-25)42(38,39)26-17-18-28(40-3)29(20-26)41-4/h8-18,20,27H,5-7,19,21-22H2,1-4H3,(H,33,37)/t27-/m0/s1. The molecule has 2 amide bonds. The highest BCUT2D eigenvalue weighted by atomic mass is 35.5. The number of ether oxygens (including phenoxy) is 2. The van der Waals surface area contributed by atoms with E-state index in [1.807, 2.05) is 13.8 Å². The van der Waals surface area contributed by atoms with Gasteiger partial charge in [-0.1, -0.05) is 62.2 Å². The van der Waals surface area contributed by atoms with Crippen molar-refractivity contribution in [3.63, 3.8) is 0 Å². The van der Waals surface area contributed by atoms with Crippen LogP contribution in [0.2, 0.25) is 5.02 Å². The van der Waals surface area contributed by atoms with Crippen LogP contribution in [0.15, 0.2) is 77.7 Å². The zero-order valence-electron chi connectivity index (χ0n) is 24.4. The topological polar surface area (TPSA) is 105 Å². The van der Waals surface area contributed by atoms with Crippen LogP contribution in [0.3, 0.4) is 0 Å². The second-order valence-corrected chi connectivity index (χ2v) is 11.9. The van der Waals surface area contributed by atoms with Gasteiger partial charge in [-0.25, -0.2) is 8.42 Å². The molecule has 0 saturated heterocycles. The van der Waals surface area contributed by atoms with Crippen LogP contribution in [0.4, 0.5) is 5.69 Å². The predicted molar refractivity (Wildman–Crippen MR) is 165 cm³/mol. The van der Waals surface area contributed by atoms with Crippen molar-refractivity contribution in [1.29, 1.82) is 0 Å². The fourth-order valence-electron chi connectivity index (χ4n) is 4.44. The van der Waals surface area contributed by atoms with Crippen molar-refractivity contribution >= 4 is 39.1 Å². The molecule has 226 valence electrons.